The van der Waals surface area contributed by atoms with Crippen molar-refractivity contribution in [3.05, 3.63) is 45.5 Å². The molecule has 3 heterocycles. The molecular weight excluding hydrogens is 752 g/mol. The molecule has 3 aliphatic heterocycles. The number of phenolic OH excluding ortho intramolecular Hbond substituents is 2. The highest BCUT2D eigenvalue weighted by Gasteiger charge is 2.65. The molecule has 12 atom stereocenters. The minimum atomic E-state index is -2.47. The second kappa shape index (κ2) is 13.7. The van der Waals surface area contributed by atoms with Gasteiger partial charge in [-0.05, 0) is 55.9 Å². The molecule has 12 unspecified atom stereocenters. The molecule has 2 aromatic carbocycles. The first kappa shape index (κ1) is 40.4. The highest BCUT2D eigenvalue weighted by molar-refractivity contribution is 6.14. The quantitative estimate of drug-likeness (QED) is 0.193. The number of aryl methyl sites for hydroxylation is 2. The Morgan fingerprint density at radius 1 is 0.772 bits per heavy atom. The molecule has 1 saturated heterocycles. The third kappa shape index (κ3) is 5.43. The molecule has 0 spiro atoms. The van der Waals surface area contributed by atoms with E-state index in [0.29, 0.717) is 0 Å². The first-order chi connectivity index (χ1) is 26.7. The summed E-state index contributed by atoms with van der Waals surface area (Å²) in [5.74, 6) is -8.58. The lowest BCUT2D eigenvalue weighted by molar-refractivity contribution is -0.302. The SMILES string of the molecule is COC(=O)C12Oc3cc(C)c(-c4c(C)cc5c(c4O)C(O)=C4C(=O)CC(C)C(O)C4(COC4OC(C)C(O)C(O)C4O)O5)c(O)c3C(O)=C1C(=O)C(C)C(C)C2O. The number of phenols is 2. The number of methoxy groups -OCH3 is 1. The number of fused-ring (bicyclic) bond motifs is 4. The molecule has 9 N–H and O–H groups in total. The van der Waals surface area contributed by atoms with Crippen molar-refractivity contribution in [2.45, 2.75) is 102 Å². The van der Waals surface area contributed by atoms with Crippen molar-refractivity contribution in [2.24, 2.45) is 17.8 Å². The fourth-order valence-electron chi connectivity index (χ4n) is 9.01. The molecule has 0 radical (unpaired) electrons. The molecule has 3 fully saturated rings. The Kier molecular flexibility index (Phi) is 9.71. The number of hydrogen-bond donors (Lipinski definition) is 9. The Bertz CT molecular complexity index is 2160. The fraction of sp³-hybridized carbons (Fsp3) is 0.525. The van der Waals surface area contributed by atoms with Gasteiger partial charge in [0, 0.05) is 23.5 Å². The summed E-state index contributed by atoms with van der Waals surface area (Å²) in [6.07, 6.45) is -10.8. The Morgan fingerprint density at radius 2 is 1.32 bits per heavy atom. The molecule has 2 aliphatic carbocycles. The topological polar surface area (TPSA) is 279 Å². The lowest BCUT2D eigenvalue weighted by Crippen LogP contribution is -2.65. The largest absolute Gasteiger partial charge is 0.506 e. The fourth-order valence-corrected chi connectivity index (χ4v) is 9.01. The van der Waals surface area contributed by atoms with Gasteiger partial charge in [-0.15, -0.1) is 0 Å². The first-order valence-electron chi connectivity index (χ1n) is 18.5. The number of ether oxygens (including phenoxy) is 5. The number of ketones is 2. The number of Topliss-reactive ketones (excluding diaryl/α,β-unsaturated/α-hetero) is 2. The highest BCUT2D eigenvalue weighted by atomic mass is 16.7. The predicted octanol–water partition coefficient (Wildman–Crippen LogP) is 1.38. The normalized spacial score (nSPS) is 36.1. The molecule has 2 saturated carbocycles. The maximum absolute atomic E-state index is 13.7. The van der Waals surface area contributed by atoms with Gasteiger partial charge in [0.25, 0.3) is 5.60 Å². The van der Waals surface area contributed by atoms with Crippen LogP contribution in [0.5, 0.6) is 23.0 Å². The van der Waals surface area contributed by atoms with Crippen molar-refractivity contribution in [3.63, 3.8) is 0 Å². The molecule has 5 aliphatic rings. The zero-order valence-electron chi connectivity index (χ0n) is 32.1. The van der Waals surface area contributed by atoms with Gasteiger partial charge in [-0.2, -0.15) is 0 Å². The zero-order valence-corrected chi connectivity index (χ0v) is 32.1. The summed E-state index contributed by atoms with van der Waals surface area (Å²) in [7, 11) is 1.03. The second-order valence-corrected chi connectivity index (χ2v) is 15.8. The van der Waals surface area contributed by atoms with Gasteiger partial charge in [0.2, 0.25) is 0 Å². The Labute approximate surface area is 325 Å². The molecule has 7 rings (SSSR count). The van der Waals surface area contributed by atoms with Crippen molar-refractivity contribution in [2.75, 3.05) is 13.7 Å². The molecule has 17 heteroatoms. The van der Waals surface area contributed by atoms with E-state index >= 15 is 0 Å². The number of carbonyl (C=O) groups is 3. The number of carbonyl (C=O) groups excluding carboxylic acids is 3. The highest BCUT2D eigenvalue weighted by Crippen LogP contribution is 2.58. The van der Waals surface area contributed by atoms with Crippen molar-refractivity contribution in [3.8, 4) is 34.1 Å². The lowest BCUT2D eigenvalue weighted by atomic mass is 9.65. The monoisotopic (exact) mass is 798 g/mol. The smallest absolute Gasteiger partial charge is 0.358 e. The van der Waals surface area contributed by atoms with E-state index in [1.807, 2.05) is 0 Å². The van der Waals surface area contributed by atoms with E-state index in [2.05, 4.69) is 0 Å². The lowest BCUT2D eigenvalue weighted by Gasteiger charge is -2.48. The van der Waals surface area contributed by atoms with Crippen LogP contribution in [0.4, 0.5) is 0 Å². The average molecular weight is 799 g/mol. The zero-order chi connectivity index (χ0) is 42.0. The van der Waals surface area contributed by atoms with E-state index in [-0.39, 0.29) is 40.2 Å². The maximum atomic E-state index is 13.7. The number of aromatic hydroxyl groups is 2. The van der Waals surface area contributed by atoms with E-state index in [4.69, 9.17) is 23.7 Å². The van der Waals surface area contributed by atoms with Gasteiger partial charge in [0.05, 0.1) is 31.0 Å². The van der Waals surface area contributed by atoms with Crippen molar-refractivity contribution in [1.82, 2.24) is 0 Å². The molecule has 2 aromatic rings. The van der Waals surface area contributed by atoms with Gasteiger partial charge in [0.15, 0.2) is 23.5 Å². The van der Waals surface area contributed by atoms with Crippen LogP contribution >= 0.6 is 0 Å². The molecule has 57 heavy (non-hydrogen) atoms. The van der Waals surface area contributed by atoms with E-state index in [9.17, 15) is 60.3 Å². The Hall–Kier alpha value is -4.75. The van der Waals surface area contributed by atoms with Gasteiger partial charge in [0.1, 0.15) is 76.2 Å². The van der Waals surface area contributed by atoms with Crippen LogP contribution in [0.15, 0.2) is 23.3 Å². The van der Waals surface area contributed by atoms with Gasteiger partial charge in [-0.25, -0.2) is 4.79 Å². The van der Waals surface area contributed by atoms with Crippen LogP contribution in [-0.4, -0.2) is 131 Å². The summed E-state index contributed by atoms with van der Waals surface area (Å²) >= 11 is 0. The third-order valence-corrected chi connectivity index (χ3v) is 12.4. The minimum absolute atomic E-state index is 0.108. The van der Waals surface area contributed by atoms with Crippen LogP contribution in [-0.2, 0) is 28.6 Å². The standard InChI is InChI=1S/C40H46O17/c1-12-9-19-23(31(46)25-18(41)8-14(3)35(50)39(25,56-19)11-54-37-34(49)33(48)28(43)17(6)55-37)29(44)21(12)22-13(2)10-20-24(30(22)45)32(47)26-27(42)15(4)16(5)36(51)40(26,57-20)38(52)53-7/h9-10,14-17,28,33-37,43-51H,8,11H2,1-7H3. The van der Waals surface area contributed by atoms with Crippen LogP contribution in [0.25, 0.3) is 22.6 Å². The van der Waals surface area contributed by atoms with Crippen LogP contribution in [0.2, 0.25) is 0 Å². The number of esters is 1. The summed E-state index contributed by atoms with van der Waals surface area (Å²) in [4.78, 5) is 40.8. The van der Waals surface area contributed by atoms with E-state index in [0.717, 1.165) is 7.11 Å². The van der Waals surface area contributed by atoms with Crippen molar-refractivity contribution >= 4 is 29.1 Å². The van der Waals surface area contributed by atoms with Crippen LogP contribution in [0, 0.1) is 31.6 Å². The van der Waals surface area contributed by atoms with E-state index in [1.54, 1.807) is 13.8 Å². The van der Waals surface area contributed by atoms with Gasteiger partial charge in [-0.3, -0.25) is 9.59 Å². The van der Waals surface area contributed by atoms with Crippen LogP contribution in [0.3, 0.4) is 0 Å². The molecule has 17 nitrogen and oxygen atoms in total. The number of hydrogen-bond acceptors (Lipinski definition) is 17. The summed E-state index contributed by atoms with van der Waals surface area (Å²) in [6.45, 7) is 8.37. The number of aliphatic hydroxyl groups excluding tert-OH is 7. The molecule has 0 aromatic heterocycles. The number of benzene rings is 2. The van der Waals surface area contributed by atoms with Gasteiger partial charge < -0.3 is 69.6 Å². The van der Waals surface area contributed by atoms with Crippen molar-refractivity contribution in [1.29, 1.82) is 0 Å². The van der Waals surface area contributed by atoms with Crippen LogP contribution in [0.1, 0.15) is 56.4 Å². The molecule has 308 valence electrons. The Balaban J connectivity index is 1.38. The van der Waals surface area contributed by atoms with Crippen LogP contribution < -0.4 is 9.47 Å². The third-order valence-electron chi connectivity index (χ3n) is 12.4. The minimum Gasteiger partial charge on any atom is -0.506 e. The number of rotatable bonds is 5. The van der Waals surface area contributed by atoms with Gasteiger partial charge >= 0.3 is 5.97 Å². The average Bonchev–Trinajstić information content (AvgIpc) is 3.15. The second-order valence-electron chi connectivity index (χ2n) is 15.8. The summed E-state index contributed by atoms with van der Waals surface area (Å²) in [6, 6.07) is 2.68. The molecule has 0 bridgehead atoms. The van der Waals surface area contributed by atoms with Gasteiger partial charge in [-0.1, -0.05) is 20.8 Å². The van der Waals surface area contributed by atoms with E-state index in [1.165, 1.54) is 39.8 Å². The molecular formula is C40H46O17. The maximum Gasteiger partial charge on any atom is 0.358 e. The first-order valence-corrected chi connectivity index (χ1v) is 18.5. The summed E-state index contributed by atoms with van der Waals surface area (Å²) < 4.78 is 28.8. The number of aliphatic hydroxyl groups is 7. The predicted molar refractivity (Wildman–Crippen MR) is 195 cm³/mol. The Morgan fingerprint density at radius 3 is 1.88 bits per heavy atom. The summed E-state index contributed by atoms with van der Waals surface area (Å²) in [5.41, 5.74) is -6.35. The molecule has 0 amide bonds. The van der Waals surface area contributed by atoms with E-state index < -0.39 is 141 Å². The summed E-state index contributed by atoms with van der Waals surface area (Å²) in [5, 5.41) is 102. The van der Waals surface area contributed by atoms with Crippen molar-refractivity contribution < 1.29 is 84.0 Å².